The fraction of sp³-hybridized carbons (Fsp3) is 0.231. The van der Waals surface area contributed by atoms with Crippen molar-refractivity contribution in [2.45, 2.75) is 12.5 Å². The molecular formula is C13H13BrClN3O. The van der Waals surface area contributed by atoms with E-state index >= 15 is 0 Å². The van der Waals surface area contributed by atoms with E-state index in [0.717, 1.165) is 10.2 Å². The third-order valence-corrected chi connectivity index (χ3v) is 4.00. The highest BCUT2D eigenvalue weighted by Gasteiger charge is 2.27. The zero-order valence-corrected chi connectivity index (χ0v) is 12.6. The van der Waals surface area contributed by atoms with Crippen LogP contribution in [0.3, 0.4) is 0 Å². The molecule has 0 spiro atoms. The fourth-order valence-corrected chi connectivity index (χ4v) is 2.16. The molecule has 0 aliphatic heterocycles. The van der Waals surface area contributed by atoms with Gasteiger partial charge in [0.25, 0.3) is 0 Å². The van der Waals surface area contributed by atoms with Crippen LogP contribution in [-0.2, 0) is 5.54 Å². The van der Waals surface area contributed by atoms with Gasteiger partial charge in [-0.25, -0.2) is 0 Å². The van der Waals surface area contributed by atoms with Crippen molar-refractivity contribution in [1.29, 1.82) is 0 Å². The minimum absolute atomic E-state index is 0.105. The van der Waals surface area contributed by atoms with Crippen LogP contribution in [0.5, 0.6) is 0 Å². The van der Waals surface area contributed by atoms with Gasteiger partial charge in [0.15, 0.2) is 0 Å². The van der Waals surface area contributed by atoms with Crippen molar-refractivity contribution in [2.75, 3.05) is 11.9 Å². The third kappa shape index (κ3) is 3.23. The molecule has 0 bridgehead atoms. The maximum absolute atomic E-state index is 9.66. The monoisotopic (exact) mass is 341 g/mol. The van der Waals surface area contributed by atoms with Gasteiger partial charge in [0.1, 0.15) is 5.54 Å². The molecule has 1 unspecified atom stereocenters. The number of aromatic nitrogens is 2. The van der Waals surface area contributed by atoms with E-state index in [1.165, 1.54) is 0 Å². The Bertz CT molecular complexity index is 567. The summed E-state index contributed by atoms with van der Waals surface area (Å²) in [6, 6.07) is 5.48. The summed E-state index contributed by atoms with van der Waals surface area (Å²) in [6.07, 6.45) is 4.83. The predicted molar refractivity (Wildman–Crippen MR) is 79.2 cm³/mol. The van der Waals surface area contributed by atoms with Gasteiger partial charge in [-0.2, -0.15) is 0 Å². The second-order valence-electron chi connectivity index (χ2n) is 4.33. The van der Waals surface area contributed by atoms with Crippen LogP contribution in [0.15, 0.2) is 41.3 Å². The molecule has 0 saturated carbocycles. The first kappa shape index (κ1) is 14.2. The van der Waals surface area contributed by atoms with Gasteiger partial charge in [-0.15, -0.1) is 0 Å². The van der Waals surface area contributed by atoms with Crippen molar-refractivity contribution in [3.05, 3.63) is 52.0 Å². The van der Waals surface area contributed by atoms with Crippen LogP contribution in [0.1, 0.15) is 12.6 Å². The van der Waals surface area contributed by atoms with Crippen molar-refractivity contribution in [1.82, 2.24) is 9.97 Å². The van der Waals surface area contributed by atoms with Crippen LogP contribution >= 0.6 is 27.5 Å². The number of aliphatic hydroxyl groups is 1. The summed E-state index contributed by atoms with van der Waals surface area (Å²) in [5.41, 5.74) is 0.795. The molecular weight excluding hydrogens is 330 g/mol. The number of nitrogens with one attached hydrogen (secondary N) is 1. The molecule has 0 amide bonds. The summed E-state index contributed by atoms with van der Waals surface area (Å²) in [5.74, 6) is 0. The van der Waals surface area contributed by atoms with Crippen LogP contribution < -0.4 is 5.32 Å². The number of hydrogen-bond donors (Lipinski definition) is 2. The van der Waals surface area contributed by atoms with E-state index < -0.39 is 5.54 Å². The molecule has 0 fully saturated rings. The molecule has 0 aliphatic rings. The topological polar surface area (TPSA) is 58.0 Å². The minimum atomic E-state index is -0.707. The first-order valence-corrected chi connectivity index (χ1v) is 6.83. The summed E-state index contributed by atoms with van der Waals surface area (Å²) in [6.45, 7) is 1.76. The number of nitrogens with zero attached hydrogens (tertiary/aromatic N) is 2. The highest BCUT2D eigenvalue weighted by atomic mass is 79.9. The highest BCUT2D eigenvalue weighted by Crippen LogP contribution is 2.29. The first-order valence-electron chi connectivity index (χ1n) is 5.66. The zero-order chi connectivity index (χ0) is 13.9. The molecule has 0 aliphatic carbocycles. The second kappa shape index (κ2) is 5.86. The SMILES string of the molecule is CC(CO)(Nc1ccc(Cl)c(Br)c1)c1cnccn1. The zero-order valence-electron chi connectivity index (χ0n) is 10.3. The van der Waals surface area contributed by atoms with Gasteiger partial charge in [-0.3, -0.25) is 9.97 Å². The van der Waals surface area contributed by atoms with Gasteiger partial charge in [0.05, 0.1) is 23.5 Å². The molecule has 2 aromatic rings. The second-order valence-corrected chi connectivity index (χ2v) is 5.60. The summed E-state index contributed by atoms with van der Waals surface area (Å²) in [5, 5.41) is 13.5. The number of hydrogen-bond acceptors (Lipinski definition) is 4. The molecule has 1 aromatic heterocycles. The summed E-state index contributed by atoms with van der Waals surface area (Å²) < 4.78 is 0.790. The van der Waals surface area contributed by atoms with Gasteiger partial charge in [-0.1, -0.05) is 11.6 Å². The Morgan fingerprint density at radius 3 is 2.79 bits per heavy atom. The van der Waals surface area contributed by atoms with Crippen molar-refractivity contribution in [2.24, 2.45) is 0 Å². The Morgan fingerprint density at radius 1 is 1.42 bits per heavy atom. The number of benzene rings is 1. The largest absolute Gasteiger partial charge is 0.394 e. The van der Waals surface area contributed by atoms with Crippen molar-refractivity contribution >= 4 is 33.2 Å². The molecule has 0 saturated heterocycles. The van der Waals surface area contributed by atoms with E-state index in [9.17, 15) is 5.11 Å². The highest BCUT2D eigenvalue weighted by molar-refractivity contribution is 9.10. The maximum atomic E-state index is 9.66. The molecule has 2 N–H and O–H groups in total. The van der Waals surface area contributed by atoms with Crippen LogP contribution in [0.4, 0.5) is 5.69 Å². The number of halogens is 2. The molecule has 1 aromatic carbocycles. The fourth-order valence-electron chi connectivity index (χ4n) is 1.66. The van der Waals surface area contributed by atoms with Crippen molar-refractivity contribution in [3.63, 3.8) is 0 Å². The average Bonchev–Trinajstić information content (AvgIpc) is 2.44. The van der Waals surface area contributed by atoms with E-state index in [1.807, 2.05) is 19.1 Å². The summed E-state index contributed by atoms with van der Waals surface area (Å²) >= 11 is 9.33. The van der Waals surface area contributed by atoms with Crippen molar-refractivity contribution < 1.29 is 5.11 Å². The minimum Gasteiger partial charge on any atom is -0.394 e. The molecule has 1 heterocycles. The lowest BCUT2D eigenvalue weighted by atomic mass is 9.99. The molecule has 0 radical (unpaired) electrons. The van der Waals surface area contributed by atoms with Gasteiger partial charge in [0.2, 0.25) is 0 Å². The Morgan fingerprint density at radius 2 is 2.21 bits per heavy atom. The quantitative estimate of drug-likeness (QED) is 0.896. The normalized spacial score (nSPS) is 13.9. The third-order valence-electron chi connectivity index (χ3n) is 2.78. The van der Waals surface area contributed by atoms with Crippen molar-refractivity contribution in [3.8, 4) is 0 Å². The maximum Gasteiger partial charge on any atom is 0.102 e. The van der Waals surface area contributed by atoms with Gasteiger partial charge in [-0.05, 0) is 41.1 Å². The standard InChI is InChI=1S/C13H13BrClN3O/c1-13(8-19,12-7-16-4-5-17-12)18-9-2-3-11(15)10(14)6-9/h2-7,18-19H,8H2,1H3. The number of aliphatic hydroxyl groups excluding tert-OH is 1. The summed E-state index contributed by atoms with van der Waals surface area (Å²) in [7, 11) is 0. The molecule has 6 heteroatoms. The summed E-state index contributed by atoms with van der Waals surface area (Å²) in [4.78, 5) is 8.26. The van der Waals surface area contributed by atoms with Crippen LogP contribution in [0, 0.1) is 0 Å². The lowest BCUT2D eigenvalue weighted by molar-refractivity contribution is 0.220. The molecule has 4 nitrogen and oxygen atoms in total. The van der Waals surface area contributed by atoms with E-state index in [-0.39, 0.29) is 6.61 Å². The Kier molecular flexibility index (Phi) is 4.39. The Hall–Kier alpha value is -1.17. The van der Waals surface area contributed by atoms with Gasteiger partial charge in [0, 0.05) is 22.6 Å². The van der Waals surface area contributed by atoms with E-state index in [0.29, 0.717) is 10.7 Å². The first-order chi connectivity index (χ1) is 9.05. The van der Waals surface area contributed by atoms with Gasteiger partial charge < -0.3 is 10.4 Å². The number of rotatable bonds is 4. The van der Waals surface area contributed by atoms with Crippen LogP contribution in [0.25, 0.3) is 0 Å². The molecule has 100 valence electrons. The van der Waals surface area contributed by atoms with E-state index in [1.54, 1.807) is 24.7 Å². The Labute approximate surface area is 125 Å². The van der Waals surface area contributed by atoms with E-state index in [2.05, 4.69) is 31.2 Å². The van der Waals surface area contributed by atoms with Crippen LogP contribution in [-0.4, -0.2) is 21.7 Å². The lowest BCUT2D eigenvalue weighted by Crippen LogP contribution is -2.36. The van der Waals surface area contributed by atoms with Gasteiger partial charge >= 0.3 is 0 Å². The van der Waals surface area contributed by atoms with Crippen LogP contribution in [0.2, 0.25) is 5.02 Å². The molecule has 1 atom stereocenters. The molecule has 19 heavy (non-hydrogen) atoms. The smallest absolute Gasteiger partial charge is 0.102 e. The predicted octanol–water partition coefficient (Wildman–Crippen LogP) is 3.21. The average molecular weight is 343 g/mol. The Balaban J connectivity index is 2.30. The number of anilines is 1. The van der Waals surface area contributed by atoms with E-state index in [4.69, 9.17) is 11.6 Å². The molecule has 2 rings (SSSR count). The lowest BCUT2D eigenvalue weighted by Gasteiger charge is -2.29.